The number of rotatable bonds is 7. The van der Waals surface area contributed by atoms with E-state index in [9.17, 15) is 0 Å². The Kier molecular flexibility index (Phi) is 14.4. The van der Waals surface area contributed by atoms with Crippen LogP contribution < -0.4 is 26.2 Å². The second kappa shape index (κ2) is 21.3. The Morgan fingerprint density at radius 1 is 0.276 bits per heavy atom. The number of aromatic nitrogens is 2. The third-order valence-corrected chi connectivity index (χ3v) is 18.1. The van der Waals surface area contributed by atoms with E-state index in [1.165, 1.54) is 83.4 Å². The van der Waals surface area contributed by atoms with Crippen LogP contribution in [0.15, 0.2) is 200 Å². The van der Waals surface area contributed by atoms with E-state index in [-0.39, 0.29) is 39.2 Å². The molecule has 0 saturated heterocycles. The molecule has 4 nitrogen and oxygen atoms in total. The van der Waals surface area contributed by atoms with Crippen LogP contribution in [0.1, 0.15) is 158 Å². The fraction of sp³-hybridized carbons (Fsp3) is 0.293. The van der Waals surface area contributed by atoms with E-state index in [4.69, 9.17) is 9.97 Å². The predicted octanol–water partition coefficient (Wildman–Crippen LogP) is 20.7. The number of pyridine rings is 2. The zero-order valence-electron chi connectivity index (χ0n) is 54.9. The Hall–Kier alpha value is -8.28. The summed E-state index contributed by atoms with van der Waals surface area (Å²) in [5, 5.41) is 0. The van der Waals surface area contributed by atoms with Gasteiger partial charge in [-0.15, -0.1) is 0 Å². The summed E-state index contributed by atoms with van der Waals surface area (Å²) in [4.78, 5) is 16.8. The zero-order valence-corrected chi connectivity index (χ0v) is 54.9. The van der Waals surface area contributed by atoms with Gasteiger partial charge in [0, 0.05) is 67.2 Å². The molecule has 8 aromatic carbocycles. The van der Waals surface area contributed by atoms with Crippen LogP contribution in [0.2, 0.25) is 0 Å². The molecule has 0 bridgehead atoms. The molecule has 5 heteroatoms. The molecule has 87 heavy (non-hydrogen) atoms. The maximum absolute atomic E-state index is 5.73. The first-order valence-corrected chi connectivity index (χ1v) is 31.5. The average molecular weight is 1140 g/mol. The van der Waals surface area contributed by atoms with Crippen molar-refractivity contribution < 1.29 is 0 Å². The minimum Gasteiger partial charge on any atom is -0.310 e. The Morgan fingerprint density at radius 3 is 1.06 bits per heavy atom. The van der Waals surface area contributed by atoms with Gasteiger partial charge in [0.2, 0.25) is 0 Å². The van der Waals surface area contributed by atoms with E-state index >= 15 is 0 Å². The fourth-order valence-corrected chi connectivity index (χ4v) is 12.9. The molecule has 2 aliphatic rings. The van der Waals surface area contributed by atoms with Gasteiger partial charge >= 0.3 is 0 Å². The van der Waals surface area contributed by atoms with Gasteiger partial charge in [0.1, 0.15) is 0 Å². The van der Waals surface area contributed by atoms with E-state index in [0.29, 0.717) is 0 Å². The summed E-state index contributed by atoms with van der Waals surface area (Å²) in [6.07, 6.45) is 0. The maximum Gasteiger partial charge on any atom is 0.252 e. The molecule has 2 aromatic heterocycles. The van der Waals surface area contributed by atoms with Crippen molar-refractivity contribution in [2.24, 2.45) is 0 Å². The van der Waals surface area contributed by atoms with Gasteiger partial charge in [-0.25, -0.2) is 0 Å². The monoisotopic (exact) mass is 1140 g/mol. The zero-order chi connectivity index (χ0) is 61.9. The third-order valence-electron chi connectivity index (χ3n) is 18.1. The summed E-state index contributed by atoms with van der Waals surface area (Å²) in [5.41, 5.74) is 27.7. The van der Waals surface area contributed by atoms with Crippen molar-refractivity contribution in [3.05, 3.63) is 234 Å². The molecule has 0 aliphatic carbocycles. The third kappa shape index (κ3) is 11.0. The van der Waals surface area contributed by atoms with Crippen LogP contribution in [-0.4, -0.2) is 16.7 Å². The molecular formula is C82H87BN4. The Morgan fingerprint density at radius 2 is 0.644 bits per heavy atom. The smallest absolute Gasteiger partial charge is 0.252 e. The lowest BCUT2D eigenvalue weighted by Gasteiger charge is -2.47. The van der Waals surface area contributed by atoms with Crippen LogP contribution in [0, 0.1) is 0 Å². The van der Waals surface area contributed by atoms with Crippen LogP contribution in [0.3, 0.4) is 0 Å². The highest BCUT2D eigenvalue weighted by Crippen LogP contribution is 2.55. The quantitative estimate of drug-likeness (QED) is 0.149. The van der Waals surface area contributed by atoms with Gasteiger partial charge in [0.15, 0.2) is 0 Å². The number of nitrogens with zero attached hydrogens (tertiary/aromatic N) is 4. The molecule has 0 radical (unpaired) electrons. The highest BCUT2D eigenvalue weighted by molar-refractivity contribution is 7.00. The van der Waals surface area contributed by atoms with Crippen molar-refractivity contribution in [1.82, 2.24) is 9.97 Å². The summed E-state index contributed by atoms with van der Waals surface area (Å²) in [6, 6.07) is 76.3. The Labute approximate surface area is 520 Å². The minimum atomic E-state index is -0.278. The lowest BCUT2D eigenvalue weighted by Crippen LogP contribution is -2.61. The first-order chi connectivity index (χ1) is 40.9. The summed E-state index contributed by atoms with van der Waals surface area (Å²) >= 11 is 0. The van der Waals surface area contributed by atoms with Crippen LogP contribution in [0.25, 0.3) is 55.9 Å². The summed E-state index contributed by atoms with van der Waals surface area (Å²) in [7, 11) is 0. The van der Waals surface area contributed by atoms with E-state index in [0.717, 1.165) is 56.7 Å². The number of hydrogen-bond donors (Lipinski definition) is 0. The lowest BCUT2D eigenvalue weighted by molar-refractivity contribution is 0.569. The molecule has 438 valence electrons. The topological polar surface area (TPSA) is 32.3 Å². The first kappa shape index (κ1) is 59.1. The molecule has 0 N–H and O–H groups in total. The average Bonchev–Trinajstić information content (AvgIpc) is 0.695. The highest BCUT2D eigenvalue weighted by Gasteiger charge is 2.47. The number of fused-ring (bicyclic) bond motifs is 4. The lowest BCUT2D eigenvalue weighted by atomic mass is 9.33. The van der Waals surface area contributed by atoms with Crippen LogP contribution >= 0.6 is 0 Å². The number of benzene rings is 8. The number of anilines is 6. The molecule has 10 aromatic rings. The largest absolute Gasteiger partial charge is 0.310 e. The molecule has 0 saturated carbocycles. The van der Waals surface area contributed by atoms with Crippen LogP contribution in [0.5, 0.6) is 0 Å². The second-order valence-corrected chi connectivity index (χ2v) is 30.8. The molecule has 0 amide bonds. The van der Waals surface area contributed by atoms with Gasteiger partial charge in [0.25, 0.3) is 6.71 Å². The van der Waals surface area contributed by atoms with Gasteiger partial charge in [-0.2, -0.15) is 0 Å². The number of hydrogen-bond acceptors (Lipinski definition) is 4. The van der Waals surface area contributed by atoms with E-state index < -0.39 is 0 Å². The van der Waals surface area contributed by atoms with E-state index in [1.54, 1.807) is 0 Å². The van der Waals surface area contributed by atoms with Gasteiger partial charge in [-0.3, -0.25) is 9.97 Å². The summed E-state index contributed by atoms with van der Waals surface area (Å²) < 4.78 is 0. The van der Waals surface area contributed by atoms with Gasteiger partial charge in [-0.1, -0.05) is 252 Å². The molecule has 0 spiro atoms. The van der Waals surface area contributed by atoms with E-state index in [2.05, 4.69) is 335 Å². The fourth-order valence-electron chi connectivity index (χ4n) is 12.9. The maximum atomic E-state index is 5.73. The SMILES string of the molecule is CC(C)(C)c1ccc2c(c1)B1c3cc(-c4ccccc4)ccc3N(c3c(-c4cccc(C(C)(C)C)n4)cc(C(C)(C)C)cc3-c3cccc(C(C)(C)C)n3)c3cc(C(C)(C)C)cc(c31)N2c1c(-c2ccccc2)cc(C(C)(C)C)cc1-c1ccccc1. The molecular weight excluding hydrogens is 1050 g/mol. The molecule has 4 heterocycles. The predicted molar refractivity (Wildman–Crippen MR) is 375 cm³/mol. The van der Waals surface area contributed by atoms with Crippen molar-refractivity contribution in [3.8, 4) is 55.9 Å². The summed E-state index contributed by atoms with van der Waals surface area (Å²) in [6.45, 7) is 41.7. The Bertz CT molecular complexity index is 4130. The normalized spacial score (nSPS) is 13.6. The van der Waals surface area contributed by atoms with Crippen molar-refractivity contribution >= 4 is 57.2 Å². The second-order valence-electron chi connectivity index (χ2n) is 30.8. The van der Waals surface area contributed by atoms with E-state index in [1.807, 2.05) is 0 Å². The van der Waals surface area contributed by atoms with Crippen molar-refractivity contribution in [1.29, 1.82) is 0 Å². The van der Waals surface area contributed by atoms with Crippen molar-refractivity contribution in [2.75, 3.05) is 9.80 Å². The molecule has 0 unspecified atom stereocenters. The molecule has 2 aliphatic heterocycles. The Balaban J connectivity index is 1.32. The van der Waals surface area contributed by atoms with Crippen molar-refractivity contribution in [3.63, 3.8) is 0 Å². The molecule has 0 fully saturated rings. The van der Waals surface area contributed by atoms with Gasteiger partial charge in [0.05, 0.1) is 22.8 Å². The minimum absolute atomic E-state index is 0.144. The van der Waals surface area contributed by atoms with Crippen LogP contribution in [0.4, 0.5) is 34.1 Å². The molecule has 0 atom stereocenters. The van der Waals surface area contributed by atoms with Gasteiger partial charge in [-0.05, 0) is 155 Å². The first-order valence-electron chi connectivity index (χ1n) is 31.5. The summed E-state index contributed by atoms with van der Waals surface area (Å²) in [5.74, 6) is 0. The van der Waals surface area contributed by atoms with Crippen molar-refractivity contribution in [2.45, 2.75) is 157 Å². The molecule has 12 rings (SSSR count). The highest BCUT2D eigenvalue weighted by atomic mass is 15.2. The standard InChI is InChI=1S/C82H87BN4/c1-77(2,3)56-41-43-69-65(49-56)83-64-44-55(52-30-22-19-23-31-52)40-42-68(64)87(76-62(66-36-28-38-72(84-66)81(13,14)15)47-58(79(7,8)9)48-63(76)67-37-29-39-73(85-67)82(16,17)18)71-51-59(80(10,11)12)50-70(74(71)83)86(69)75-60(53-32-24-20-25-33-53)45-57(78(4,5)6)46-61(75)54-34-26-21-27-35-54/h19-51H,1-18H3. The van der Waals surface area contributed by atoms with Crippen LogP contribution in [-0.2, 0) is 32.5 Å². The van der Waals surface area contributed by atoms with Gasteiger partial charge < -0.3 is 9.80 Å².